The van der Waals surface area contributed by atoms with Gasteiger partial charge in [-0.25, -0.2) is 9.07 Å². The smallest absolute Gasteiger partial charge is 0.234 e. The molecule has 0 bridgehead atoms. The molecule has 20 heavy (non-hydrogen) atoms. The normalized spacial score (nSPS) is 10.6. The Kier molecular flexibility index (Phi) is 4.46. The summed E-state index contributed by atoms with van der Waals surface area (Å²) in [6, 6.07) is 3.04. The molecule has 1 amide bonds. The largest absolute Gasteiger partial charge is 0.349 e. The molecule has 0 fully saturated rings. The molecule has 8 heteroatoms. The van der Waals surface area contributed by atoms with Gasteiger partial charge in [0.2, 0.25) is 5.91 Å². The van der Waals surface area contributed by atoms with Gasteiger partial charge in [-0.15, -0.1) is 5.10 Å². The van der Waals surface area contributed by atoms with Gasteiger partial charge in [0.15, 0.2) is 0 Å². The number of nitrogens with zero attached hydrogens (tertiary/aromatic N) is 3. The van der Waals surface area contributed by atoms with E-state index >= 15 is 0 Å². The van der Waals surface area contributed by atoms with Crippen LogP contribution in [0.15, 0.2) is 22.8 Å². The molecule has 6 nitrogen and oxygen atoms in total. The highest BCUT2D eigenvalue weighted by atomic mass is 79.9. The molecule has 1 aromatic heterocycles. The summed E-state index contributed by atoms with van der Waals surface area (Å²) in [5, 5.41) is 10.4. The minimum atomic E-state index is -0.376. The topological polar surface area (TPSA) is 85.8 Å². The Hall–Kier alpha value is -1.80. The van der Waals surface area contributed by atoms with E-state index in [1.807, 2.05) is 6.92 Å². The summed E-state index contributed by atoms with van der Waals surface area (Å²) in [5.41, 5.74) is 7.19. The maximum absolute atomic E-state index is 13.6. The number of halogens is 2. The molecule has 1 heterocycles. The molecule has 0 aliphatic rings. The highest BCUT2D eigenvalue weighted by molar-refractivity contribution is 9.10. The third-order valence-electron chi connectivity index (χ3n) is 2.68. The third kappa shape index (κ3) is 3.20. The van der Waals surface area contributed by atoms with Crippen molar-refractivity contribution in [3.63, 3.8) is 0 Å². The fourth-order valence-electron chi connectivity index (χ4n) is 1.64. The van der Waals surface area contributed by atoms with Crippen LogP contribution in [0.4, 0.5) is 4.39 Å². The number of aromatic nitrogens is 3. The Morgan fingerprint density at radius 2 is 2.30 bits per heavy atom. The molecular weight excluding hydrogens is 329 g/mol. The first-order valence-corrected chi connectivity index (χ1v) is 6.64. The van der Waals surface area contributed by atoms with Crippen molar-refractivity contribution in [1.82, 2.24) is 20.3 Å². The molecule has 0 atom stereocenters. The Labute approximate surface area is 123 Å². The lowest BCUT2D eigenvalue weighted by Crippen LogP contribution is -2.29. The molecule has 0 aliphatic heterocycles. The monoisotopic (exact) mass is 341 g/mol. The van der Waals surface area contributed by atoms with Crippen LogP contribution in [-0.2, 0) is 11.3 Å². The average molecular weight is 342 g/mol. The first-order chi connectivity index (χ1) is 9.51. The van der Waals surface area contributed by atoms with Crippen molar-refractivity contribution >= 4 is 21.8 Å². The van der Waals surface area contributed by atoms with Gasteiger partial charge >= 0.3 is 0 Å². The quantitative estimate of drug-likeness (QED) is 0.870. The Morgan fingerprint density at radius 1 is 1.55 bits per heavy atom. The van der Waals surface area contributed by atoms with Crippen molar-refractivity contribution < 1.29 is 9.18 Å². The van der Waals surface area contributed by atoms with E-state index < -0.39 is 0 Å². The van der Waals surface area contributed by atoms with Crippen LogP contribution in [0.1, 0.15) is 11.3 Å². The molecular formula is C12H13BrFN5O. The molecule has 3 N–H and O–H groups in total. The zero-order valence-electron chi connectivity index (χ0n) is 10.7. The molecule has 0 unspecified atom stereocenters. The molecule has 0 radical (unpaired) electrons. The van der Waals surface area contributed by atoms with Crippen LogP contribution in [0, 0.1) is 12.7 Å². The summed E-state index contributed by atoms with van der Waals surface area (Å²) in [6.07, 6.45) is 1.63. The number of rotatable bonds is 4. The fraction of sp³-hybridized carbons (Fsp3) is 0.250. The molecule has 2 rings (SSSR count). The third-order valence-corrected chi connectivity index (χ3v) is 3.29. The average Bonchev–Trinajstić information content (AvgIpc) is 2.88. The highest BCUT2D eigenvalue weighted by Crippen LogP contribution is 2.22. The fourth-order valence-corrected chi connectivity index (χ4v) is 2.10. The van der Waals surface area contributed by atoms with E-state index in [4.69, 9.17) is 5.73 Å². The van der Waals surface area contributed by atoms with Crippen molar-refractivity contribution in [3.05, 3.63) is 39.9 Å². The van der Waals surface area contributed by atoms with E-state index in [0.29, 0.717) is 15.9 Å². The maximum atomic E-state index is 13.6. The van der Waals surface area contributed by atoms with Crippen molar-refractivity contribution in [1.29, 1.82) is 0 Å². The predicted octanol–water partition coefficient (Wildman–Crippen LogP) is 1.05. The standard InChI is InChI=1S/C12H13BrFN5O/c1-7-2-9(13)10(14)3-11(7)19-6-8(17-18-19)5-16-12(20)4-15/h2-3,6H,4-5,15H2,1H3,(H,16,20). The van der Waals surface area contributed by atoms with E-state index in [9.17, 15) is 9.18 Å². The summed E-state index contributed by atoms with van der Waals surface area (Å²) in [4.78, 5) is 11.1. The number of hydrogen-bond acceptors (Lipinski definition) is 4. The van der Waals surface area contributed by atoms with Gasteiger partial charge in [-0.1, -0.05) is 5.21 Å². The SMILES string of the molecule is Cc1cc(Br)c(F)cc1-n1cc(CNC(=O)CN)nn1. The minimum absolute atomic E-state index is 0.0782. The van der Waals surface area contributed by atoms with Gasteiger partial charge < -0.3 is 11.1 Å². The summed E-state index contributed by atoms with van der Waals surface area (Å²) in [5.74, 6) is -0.649. The Morgan fingerprint density at radius 3 is 3.00 bits per heavy atom. The number of amides is 1. The van der Waals surface area contributed by atoms with Crippen molar-refractivity contribution in [2.75, 3.05) is 6.54 Å². The van der Waals surface area contributed by atoms with Crippen LogP contribution in [0.25, 0.3) is 5.69 Å². The lowest BCUT2D eigenvalue weighted by atomic mass is 10.2. The second kappa shape index (κ2) is 6.10. The number of hydrogen-bond donors (Lipinski definition) is 2. The van der Waals surface area contributed by atoms with Gasteiger partial charge in [0.1, 0.15) is 11.5 Å². The van der Waals surface area contributed by atoms with Crippen LogP contribution in [-0.4, -0.2) is 27.4 Å². The summed E-state index contributed by atoms with van der Waals surface area (Å²) in [7, 11) is 0. The number of benzene rings is 1. The van der Waals surface area contributed by atoms with Crippen LogP contribution < -0.4 is 11.1 Å². The lowest BCUT2D eigenvalue weighted by molar-refractivity contribution is -0.119. The molecule has 0 aliphatic carbocycles. The van der Waals surface area contributed by atoms with E-state index in [1.165, 1.54) is 10.7 Å². The van der Waals surface area contributed by atoms with Crippen LogP contribution in [0.2, 0.25) is 0 Å². The van der Waals surface area contributed by atoms with Gasteiger partial charge in [0.05, 0.1) is 29.4 Å². The second-order valence-corrected chi connectivity index (χ2v) is 5.04. The molecule has 1 aromatic carbocycles. The van der Waals surface area contributed by atoms with Crippen LogP contribution in [0.3, 0.4) is 0 Å². The predicted molar refractivity (Wildman–Crippen MR) is 74.7 cm³/mol. The molecule has 0 spiro atoms. The second-order valence-electron chi connectivity index (χ2n) is 4.19. The maximum Gasteiger partial charge on any atom is 0.234 e. The number of aryl methyl sites for hydroxylation is 1. The molecule has 0 saturated heterocycles. The van der Waals surface area contributed by atoms with Crippen LogP contribution in [0.5, 0.6) is 0 Å². The number of carbonyl (C=O) groups is 1. The zero-order chi connectivity index (χ0) is 14.7. The Balaban J connectivity index is 2.20. The first kappa shape index (κ1) is 14.6. The summed E-state index contributed by atoms with van der Waals surface area (Å²) < 4.78 is 15.4. The van der Waals surface area contributed by atoms with E-state index in [1.54, 1.807) is 12.3 Å². The van der Waals surface area contributed by atoms with Crippen molar-refractivity contribution in [3.8, 4) is 5.69 Å². The van der Waals surface area contributed by atoms with Gasteiger partial charge in [-0.2, -0.15) is 0 Å². The van der Waals surface area contributed by atoms with Crippen LogP contribution >= 0.6 is 15.9 Å². The Bertz CT molecular complexity index is 643. The van der Waals surface area contributed by atoms with E-state index in [0.717, 1.165) is 5.56 Å². The first-order valence-electron chi connectivity index (χ1n) is 5.85. The number of nitrogens with two attached hydrogens (primary N) is 1. The van der Waals surface area contributed by atoms with Gasteiger partial charge in [-0.3, -0.25) is 4.79 Å². The zero-order valence-corrected chi connectivity index (χ0v) is 12.3. The number of nitrogens with one attached hydrogen (secondary N) is 1. The van der Waals surface area contributed by atoms with Gasteiger partial charge in [-0.05, 0) is 34.5 Å². The molecule has 106 valence electrons. The summed E-state index contributed by atoms with van der Waals surface area (Å²) >= 11 is 3.13. The molecule has 2 aromatic rings. The lowest BCUT2D eigenvalue weighted by Gasteiger charge is -2.06. The molecule has 0 saturated carbocycles. The van der Waals surface area contributed by atoms with Gasteiger partial charge in [0, 0.05) is 6.07 Å². The number of carbonyl (C=O) groups excluding carboxylic acids is 1. The van der Waals surface area contributed by atoms with Gasteiger partial charge in [0.25, 0.3) is 0 Å². The summed E-state index contributed by atoms with van der Waals surface area (Å²) in [6.45, 7) is 2.00. The van der Waals surface area contributed by atoms with E-state index in [-0.39, 0.29) is 24.8 Å². The minimum Gasteiger partial charge on any atom is -0.349 e. The van der Waals surface area contributed by atoms with E-state index in [2.05, 4.69) is 31.6 Å². The van der Waals surface area contributed by atoms with Crippen molar-refractivity contribution in [2.45, 2.75) is 13.5 Å². The highest BCUT2D eigenvalue weighted by Gasteiger charge is 2.10. The van der Waals surface area contributed by atoms with Crippen molar-refractivity contribution in [2.24, 2.45) is 5.73 Å².